The number of piperidine rings is 1. The Morgan fingerprint density at radius 3 is 2.38 bits per heavy atom. The van der Waals surface area contributed by atoms with E-state index in [1.165, 1.54) is 12.8 Å². The van der Waals surface area contributed by atoms with Gasteiger partial charge in [-0.15, -0.1) is 12.4 Å². The molecule has 4 atom stereocenters. The smallest absolute Gasteiger partial charge is 0.317 e. The van der Waals surface area contributed by atoms with E-state index in [0.29, 0.717) is 24.4 Å². The monoisotopic (exact) mass is 384 g/mol. The molecule has 0 spiro atoms. The summed E-state index contributed by atoms with van der Waals surface area (Å²) in [7, 11) is 0. The molecule has 2 aliphatic carbocycles. The van der Waals surface area contributed by atoms with E-state index in [2.05, 4.69) is 5.32 Å². The molecule has 2 saturated heterocycles. The predicted octanol–water partition coefficient (Wildman–Crippen LogP) is 1.97. The zero-order valence-electron chi connectivity index (χ0n) is 15.6. The Morgan fingerprint density at radius 1 is 0.885 bits per heavy atom. The number of hydrogen-bond donors (Lipinski definition) is 2. The number of carbonyl (C=O) groups is 2. The van der Waals surface area contributed by atoms with Crippen LogP contribution in [0.1, 0.15) is 51.4 Å². The second-order valence-corrected chi connectivity index (χ2v) is 8.62. The van der Waals surface area contributed by atoms with Crippen LogP contribution in [0.2, 0.25) is 0 Å². The summed E-state index contributed by atoms with van der Waals surface area (Å²) in [4.78, 5) is 29.4. The Balaban J connectivity index is 0.00000196. The highest BCUT2D eigenvalue weighted by atomic mass is 35.5. The van der Waals surface area contributed by atoms with Gasteiger partial charge in [-0.3, -0.25) is 4.79 Å². The third-order valence-corrected chi connectivity index (χ3v) is 6.96. The fraction of sp³-hybridized carbons (Fsp3) is 0.895. The molecule has 4 unspecified atom stereocenters. The van der Waals surface area contributed by atoms with Crippen molar-refractivity contribution in [3.8, 4) is 0 Å². The van der Waals surface area contributed by atoms with Gasteiger partial charge < -0.3 is 20.9 Å². The second kappa shape index (κ2) is 8.34. The van der Waals surface area contributed by atoms with E-state index >= 15 is 0 Å². The highest BCUT2D eigenvalue weighted by molar-refractivity contribution is 5.85. The van der Waals surface area contributed by atoms with Crippen LogP contribution in [0.25, 0.3) is 0 Å². The quantitative estimate of drug-likeness (QED) is 0.763. The number of fused-ring (bicyclic) bond motifs is 1. The zero-order valence-corrected chi connectivity index (χ0v) is 16.4. The van der Waals surface area contributed by atoms with Crippen LogP contribution in [0.15, 0.2) is 0 Å². The molecule has 6 nitrogen and oxygen atoms in total. The SMILES string of the molecule is Cl.NC1CCC2CN(C(=O)C3CCCN(C(=O)NC4CCCC4)C3)CC12. The summed E-state index contributed by atoms with van der Waals surface area (Å²) in [5, 5.41) is 3.16. The lowest BCUT2D eigenvalue weighted by atomic mass is 9.96. The lowest BCUT2D eigenvalue weighted by Crippen LogP contribution is -2.51. The van der Waals surface area contributed by atoms with Gasteiger partial charge in [0, 0.05) is 38.3 Å². The Bertz CT molecular complexity index is 526. The van der Waals surface area contributed by atoms with Crippen LogP contribution >= 0.6 is 12.4 Å². The largest absolute Gasteiger partial charge is 0.342 e. The van der Waals surface area contributed by atoms with Crippen molar-refractivity contribution in [1.82, 2.24) is 15.1 Å². The van der Waals surface area contributed by atoms with E-state index in [9.17, 15) is 9.59 Å². The zero-order chi connectivity index (χ0) is 17.4. The molecule has 4 fully saturated rings. The average Bonchev–Trinajstić information content (AvgIpc) is 3.34. The molecular formula is C19H33ClN4O2. The molecule has 0 aromatic carbocycles. The van der Waals surface area contributed by atoms with Crippen LogP contribution in [0, 0.1) is 17.8 Å². The normalized spacial score (nSPS) is 34.5. The Morgan fingerprint density at radius 2 is 1.65 bits per heavy atom. The summed E-state index contributed by atoms with van der Waals surface area (Å²) < 4.78 is 0. The highest BCUT2D eigenvalue weighted by Gasteiger charge is 2.44. The molecular weight excluding hydrogens is 352 g/mol. The van der Waals surface area contributed by atoms with Crippen molar-refractivity contribution in [3.05, 3.63) is 0 Å². The Kier molecular flexibility index (Phi) is 6.33. The van der Waals surface area contributed by atoms with Crippen molar-refractivity contribution in [2.75, 3.05) is 26.2 Å². The van der Waals surface area contributed by atoms with Gasteiger partial charge in [0.15, 0.2) is 0 Å². The Labute approximate surface area is 162 Å². The fourth-order valence-corrected chi connectivity index (χ4v) is 5.44. The number of hydrogen-bond acceptors (Lipinski definition) is 3. The minimum atomic E-state index is -0.0295. The van der Waals surface area contributed by atoms with Crippen molar-refractivity contribution in [2.24, 2.45) is 23.5 Å². The maximum absolute atomic E-state index is 13.0. The van der Waals surface area contributed by atoms with Crippen LogP contribution in [0.4, 0.5) is 4.79 Å². The maximum atomic E-state index is 13.0. The maximum Gasteiger partial charge on any atom is 0.317 e. The number of carbonyl (C=O) groups excluding carboxylic acids is 2. The highest BCUT2D eigenvalue weighted by Crippen LogP contribution is 2.38. The molecule has 0 aromatic rings. The first kappa shape index (κ1) is 19.7. The van der Waals surface area contributed by atoms with Crippen molar-refractivity contribution >= 4 is 24.3 Å². The minimum absolute atomic E-state index is 0. The molecule has 2 saturated carbocycles. The summed E-state index contributed by atoms with van der Waals surface area (Å²) in [6.45, 7) is 3.06. The molecule has 0 bridgehead atoms. The average molecular weight is 385 g/mol. The van der Waals surface area contributed by atoms with Crippen LogP contribution in [-0.2, 0) is 4.79 Å². The summed E-state index contributed by atoms with van der Waals surface area (Å²) in [5.74, 6) is 1.32. The van der Waals surface area contributed by atoms with E-state index in [1.54, 1.807) is 0 Å². The number of nitrogens with one attached hydrogen (secondary N) is 1. The molecule has 3 amide bonds. The van der Waals surface area contributed by atoms with Crippen molar-refractivity contribution < 1.29 is 9.59 Å². The van der Waals surface area contributed by atoms with Gasteiger partial charge in [-0.2, -0.15) is 0 Å². The number of urea groups is 1. The summed E-state index contributed by atoms with van der Waals surface area (Å²) in [6, 6.07) is 0.635. The van der Waals surface area contributed by atoms with E-state index in [0.717, 1.165) is 58.2 Å². The van der Waals surface area contributed by atoms with E-state index in [-0.39, 0.29) is 36.3 Å². The first-order valence-electron chi connectivity index (χ1n) is 10.2. The summed E-state index contributed by atoms with van der Waals surface area (Å²) >= 11 is 0. The third kappa shape index (κ3) is 3.96. The molecule has 26 heavy (non-hydrogen) atoms. The van der Waals surface area contributed by atoms with Gasteiger partial charge >= 0.3 is 6.03 Å². The van der Waals surface area contributed by atoms with Gasteiger partial charge in [-0.25, -0.2) is 4.79 Å². The van der Waals surface area contributed by atoms with Crippen LogP contribution in [0.3, 0.4) is 0 Å². The fourth-order valence-electron chi connectivity index (χ4n) is 5.44. The van der Waals surface area contributed by atoms with E-state index < -0.39 is 0 Å². The summed E-state index contributed by atoms with van der Waals surface area (Å²) in [5.41, 5.74) is 6.20. The number of amides is 3. The van der Waals surface area contributed by atoms with E-state index in [4.69, 9.17) is 5.73 Å². The Hall–Kier alpha value is -1.01. The minimum Gasteiger partial charge on any atom is -0.342 e. The molecule has 7 heteroatoms. The predicted molar refractivity (Wildman–Crippen MR) is 103 cm³/mol. The summed E-state index contributed by atoms with van der Waals surface area (Å²) in [6.07, 6.45) is 8.72. The van der Waals surface area contributed by atoms with E-state index in [1.807, 2.05) is 9.80 Å². The van der Waals surface area contributed by atoms with Gasteiger partial charge in [0.25, 0.3) is 0 Å². The standard InChI is InChI=1S/C19H32N4O2.ClH/c20-17-8-7-13-10-23(12-16(13)17)18(24)14-4-3-9-22(11-14)19(25)21-15-5-1-2-6-15;/h13-17H,1-12,20H2,(H,21,25);1H. The lowest BCUT2D eigenvalue weighted by molar-refractivity contribution is -0.136. The number of nitrogens with zero attached hydrogens (tertiary/aromatic N) is 2. The van der Waals surface area contributed by atoms with Gasteiger partial charge in [0.1, 0.15) is 0 Å². The van der Waals surface area contributed by atoms with Crippen molar-refractivity contribution in [3.63, 3.8) is 0 Å². The molecule has 2 aliphatic heterocycles. The number of nitrogens with two attached hydrogens (primary N) is 1. The molecule has 4 rings (SSSR count). The third-order valence-electron chi connectivity index (χ3n) is 6.96. The van der Waals surface area contributed by atoms with Gasteiger partial charge in [0.05, 0.1) is 5.92 Å². The first-order valence-corrected chi connectivity index (χ1v) is 10.2. The van der Waals surface area contributed by atoms with Crippen LogP contribution < -0.4 is 11.1 Å². The number of likely N-dealkylation sites (tertiary alicyclic amines) is 2. The molecule has 4 aliphatic rings. The second-order valence-electron chi connectivity index (χ2n) is 8.62. The van der Waals surface area contributed by atoms with Crippen LogP contribution in [-0.4, -0.2) is 60.0 Å². The molecule has 2 heterocycles. The molecule has 0 radical (unpaired) electrons. The first-order chi connectivity index (χ1) is 12.1. The molecule has 148 valence electrons. The number of rotatable bonds is 2. The van der Waals surface area contributed by atoms with Gasteiger partial charge in [0.2, 0.25) is 5.91 Å². The van der Waals surface area contributed by atoms with Crippen molar-refractivity contribution in [1.29, 1.82) is 0 Å². The lowest BCUT2D eigenvalue weighted by Gasteiger charge is -2.34. The van der Waals surface area contributed by atoms with Gasteiger partial charge in [-0.05, 0) is 50.4 Å². The number of halogens is 1. The topological polar surface area (TPSA) is 78.7 Å². The van der Waals surface area contributed by atoms with Crippen LogP contribution in [0.5, 0.6) is 0 Å². The molecule has 0 aromatic heterocycles. The van der Waals surface area contributed by atoms with Gasteiger partial charge in [-0.1, -0.05) is 12.8 Å². The molecule has 3 N–H and O–H groups in total. The van der Waals surface area contributed by atoms with Crippen molar-refractivity contribution in [2.45, 2.75) is 63.5 Å².